The van der Waals surface area contributed by atoms with Crippen LogP contribution in [0.1, 0.15) is 42.6 Å². The molecule has 112 valence electrons. The predicted octanol–water partition coefficient (Wildman–Crippen LogP) is 2.85. The minimum absolute atomic E-state index is 0.0300. The Bertz CT molecular complexity index is 442. The summed E-state index contributed by atoms with van der Waals surface area (Å²) in [5.41, 5.74) is 8.21. The van der Waals surface area contributed by atoms with E-state index in [-0.39, 0.29) is 11.9 Å². The highest BCUT2D eigenvalue weighted by atomic mass is 16.5. The van der Waals surface area contributed by atoms with Crippen molar-refractivity contribution < 1.29 is 9.53 Å². The second-order valence-corrected chi connectivity index (χ2v) is 5.03. The first kappa shape index (κ1) is 16.5. The third-order valence-electron chi connectivity index (χ3n) is 3.71. The van der Waals surface area contributed by atoms with Gasteiger partial charge in [-0.15, -0.1) is 0 Å². The van der Waals surface area contributed by atoms with E-state index in [2.05, 4.69) is 13.8 Å². The van der Waals surface area contributed by atoms with E-state index in [0.29, 0.717) is 24.4 Å². The fourth-order valence-electron chi connectivity index (χ4n) is 2.31. The lowest BCUT2D eigenvalue weighted by Gasteiger charge is -2.30. The SMILES string of the molecule is CCC(CC)N(CCOC)C(=O)c1ccc(C)c(N)c1. The van der Waals surface area contributed by atoms with Crippen LogP contribution in [0.3, 0.4) is 0 Å². The van der Waals surface area contributed by atoms with Crippen molar-refractivity contribution >= 4 is 11.6 Å². The number of nitrogens with zero attached hydrogens (tertiary/aromatic N) is 1. The number of hydrogen-bond acceptors (Lipinski definition) is 3. The highest BCUT2D eigenvalue weighted by Gasteiger charge is 2.22. The summed E-state index contributed by atoms with van der Waals surface area (Å²) < 4.78 is 5.12. The molecule has 0 atom stereocenters. The molecule has 4 nitrogen and oxygen atoms in total. The molecule has 0 radical (unpaired) electrons. The molecular weight excluding hydrogens is 252 g/mol. The van der Waals surface area contributed by atoms with Crippen LogP contribution < -0.4 is 5.73 Å². The number of aryl methyl sites for hydroxylation is 1. The topological polar surface area (TPSA) is 55.6 Å². The molecule has 0 saturated heterocycles. The van der Waals surface area contributed by atoms with Crippen LogP contribution in [0.25, 0.3) is 0 Å². The number of carbonyl (C=O) groups is 1. The molecule has 0 fully saturated rings. The Morgan fingerprint density at radius 1 is 1.35 bits per heavy atom. The van der Waals surface area contributed by atoms with E-state index in [1.165, 1.54) is 0 Å². The molecular formula is C16H26N2O2. The van der Waals surface area contributed by atoms with Gasteiger partial charge in [0.25, 0.3) is 5.91 Å². The second kappa shape index (κ2) is 7.90. The third kappa shape index (κ3) is 3.97. The zero-order valence-corrected chi connectivity index (χ0v) is 13.0. The van der Waals surface area contributed by atoms with Gasteiger partial charge in [0.05, 0.1) is 6.61 Å². The number of nitrogens with two attached hydrogens (primary N) is 1. The summed E-state index contributed by atoms with van der Waals surface area (Å²) in [5.74, 6) is 0.0300. The van der Waals surface area contributed by atoms with E-state index < -0.39 is 0 Å². The van der Waals surface area contributed by atoms with Crippen molar-refractivity contribution in [2.24, 2.45) is 0 Å². The highest BCUT2D eigenvalue weighted by molar-refractivity contribution is 5.95. The number of anilines is 1. The lowest BCUT2D eigenvalue weighted by atomic mass is 10.1. The van der Waals surface area contributed by atoms with Crippen LogP contribution in [-0.4, -0.2) is 37.1 Å². The average Bonchev–Trinajstić information content (AvgIpc) is 2.45. The molecule has 0 aliphatic heterocycles. The summed E-state index contributed by atoms with van der Waals surface area (Å²) in [6.45, 7) is 7.29. The van der Waals surface area contributed by atoms with Gasteiger partial charge in [-0.05, 0) is 37.5 Å². The number of methoxy groups -OCH3 is 1. The monoisotopic (exact) mass is 278 g/mol. The van der Waals surface area contributed by atoms with E-state index in [1.54, 1.807) is 13.2 Å². The molecule has 0 heterocycles. The Balaban J connectivity index is 2.99. The molecule has 0 aliphatic carbocycles. The zero-order valence-electron chi connectivity index (χ0n) is 13.0. The molecule has 1 aromatic carbocycles. The van der Waals surface area contributed by atoms with Gasteiger partial charge in [0.15, 0.2) is 0 Å². The molecule has 0 unspecified atom stereocenters. The van der Waals surface area contributed by atoms with Crippen LogP contribution in [0.2, 0.25) is 0 Å². The van der Waals surface area contributed by atoms with Crippen molar-refractivity contribution in [3.63, 3.8) is 0 Å². The average molecular weight is 278 g/mol. The molecule has 20 heavy (non-hydrogen) atoms. The van der Waals surface area contributed by atoms with Crippen LogP contribution in [-0.2, 0) is 4.74 Å². The Kier molecular flexibility index (Phi) is 6.52. The minimum atomic E-state index is 0.0300. The van der Waals surface area contributed by atoms with E-state index in [4.69, 9.17) is 10.5 Å². The lowest BCUT2D eigenvalue weighted by molar-refractivity contribution is 0.0589. The maximum absolute atomic E-state index is 12.7. The Hall–Kier alpha value is -1.55. The number of amides is 1. The van der Waals surface area contributed by atoms with Gasteiger partial charge < -0.3 is 15.4 Å². The molecule has 1 amide bonds. The Morgan fingerprint density at radius 3 is 2.50 bits per heavy atom. The van der Waals surface area contributed by atoms with Crippen LogP contribution in [0.4, 0.5) is 5.69 Å². The third-order valence-corrected chi connectivity index (χ3v) is 3.71. The van der Waals surface area contributed by atoms with Gasteiger partial charge in [0, 0.05) is 30.9 Å². The minimum Gasteiger partial charge on any atom is -0.398 e. The van der Waals surface area contributed by atoms with Gasteiger partial charge in [-0.3, -0.25) is 4.79 Å². The van der Waals surface area contributed by atoms with Crippen molar-refractivity contribution in [2.75, 3.05) is 26.0 Å². The summed E-state index contributed by atoms with van der Waals surface area (Å²) >= 11 is 0. The number of benzene rings is 1. The van der Waals surface area contributed by atoms with Crippen molar-refractivity contribution in [1.82, 2.24) is 4.90 Å². The number of carbonyl (C=O) groups excluding carboxylic acids is 1. The fourth-order valence-corrected chi connectivity index (χ4v) is 2.31. The summed E-state index contributed by atoms with van der Waals surface area (Å²) in [6, 6.07) is 5.74. The molecule has 4 heteroatoms. The summed E-state index contributed by atoms with van der Waals surface area (Å²) in [5, 5.41) is 0. The highest BCUT2D eigenvalue weighted by Crippen LogP contribution is 2.18. The van der Waals surface area contributed by atoms with Crippen molar-refractivity contribution in [3.05, 3.63) is 29.3 Å². The van der Waals surface area contributed by atoms with E-state index in [9.17, 15) is 4.79 Å². The van der Waals surface area contributed by atoms with Gasteiger partial charge in [-0.2, -0.15) is 0 Å². The van der Waals surface area contributed by atoms with Crippen molar-refractivity contribution in [1.29, 1.82) is 0 Å². The molecule has 0 aliphatic rings. The molecule has 0 saturated carbocycles. The molecule has 0 spiro atoms. The smallest absolute Gasteiger partial charge is 0.254 e. The normalized spacial score (nSPS) is 10.8. The van der Waals surface area contributed by atoms with Gasteiger partial charge in [-0.25, -0.2) is 0 Å². The first-order chi connectivity index (χ1) is 9.54. The summed E-state index contributed by atoms with van der Waals surface area (Å²) in [6.07, 6.45) is 1.88. The first-order valence-corrected chi connectivity index (χ1v) is 7.21. The first-order valence-electron chi connectivity index (χ1n) is 7.21. The van der Waals surface area contributed by atoms with E-state index >= 15 is 0 Å². The molecule has 0 aromatic heterocycles. The van der Waals surface area contributed by atoms with Gasteiger partial charge >= 0.3 is 0 Å². The standard InChI is InChI=1S/C16H26N2O2/c1-5-14(6-2)18(9-10-20-4)16(19)13-8-7-12(3)15(17)11-13/h7-8,11,14H,5-6,9-10,17H2,1-4H3. The van der Waals surface area contributed by atoms with Gasteiger partial charge in [0.1, 0.15) is 0 Å². The van der Waals surface area contributed by atoms with Crippen molar-refractivity contribution in [2.45, 2.75) is 39.7 Å². The van der Waals surface area contributed by atoms with Crippen LogP contribution in [0.15, 0.2) is 18.2 Å². The maximum Gasteiger partial charge on any atom is 0.254 e. The number of hydrogen-bond donors (Lipinski definition) is 1. The largest absolute Gasteiger partial charge is 0.398 e. The fraction of sp³-hybridized carbons (Fsp3) is 0.562. The predicted molar refractivity (Wildman–Crippen MR) is 82.9 cm³/mol. The van der Waals surface area contributed by atoms with Gasteiger partial charge in [0.2, 0.25) is 0 Å². The number of nitrogen functional groups attached to an aromatic ring is 1. The molecule has 1 aromatic rings. The molecule has 2 N–H and O–H groups in total. The van der Waals surface area contributed by atoms with Crippen molar-refractivity contribution in [3.8, 4) is 0 Å². The quantitative estimate of drug-likeness (QED) is 0.780. The van der Waals surface area contributed by atoms with Gasteiger partial charge in [-0.1, -0.05) is 19.9 Å². The van der Waals surface area contributed by atoms with Crippen LogP contribution in [0, 0.1) is 6.92 Å². The maximum atomic E-state index is 12.7. The second-order valence-electron chi connectivity index (χ2n) is 5.03. The van der Waals surface area contributed by atoms with E-state index in [1.807, 2.05) is 24.0 Å². The number of ether oxygens (including phenoxy) is 1. The van der Waals surface area contributed by atoms with Crippen LogP contribution >= 0.6 is 0 Å². The van der Waals surface area contributed by atoms with E-state index in [0.717, 1.165) is 18.4 Å². The number of rotatable bonds is 7. The zero-order chi connectivity index (χ0) is 15.1. The Labute approximate surface area is 121 Å². The summed E-state index contributed by atoms with van der Waals surface area (Å²) in [4.78, 5) is 14.6. The van der Waals surface area contributed by atoms with Crippen LogP contribution in [0.5, 0.6) is 0 Å². The molecule has 1 rings (SSSR count). The Morgan fingerprint density at radius 2 is 2.00 bits per heavy atom. The molecule has 0 bridgehead atoms. The lowest BCUT2D eigenvalue weighted by Crippen LogP contribution is -2.41. The summed E-state index contributed by atoms with van der Waals surface area (Å²) in [7, 11) is 1.65.